The van der Waals surface area contributed by atoms with E-state index in [4.69, 9.17) is 0 Å². The first kappa shape index (κ1) is 10.5. The summed E-state index contributed by atoms with van der Waals surface area (Å²) < 4.78 is 0. The molecule has 0 saturated heterocycles. The smallest absolute Gasteiger partial charge is 0.0802 e. The van der Waals surface area contributed by atoms with Crippen LogP contribution in [0.4, 0.5) is 0 Å². The van der Waals surface area contributed by atoms with Gasteiger partial charge in [0.2, 0.25) is 0 Å². The number of hydrogen-bond donors (Lipinski definition) is 2. The molecule has 0 aromatic rings. The van der Waals surface area contributed by atoms with Gasteiger partial charge in [-0.15, -0.1) is 0 Å². The van der Waals surface area contributed by atoms with Gasteiger partial charge in [-0.25, -0.2) is 0 Å². The first-order chi connectivity index (χ1) is 5.91. The molecule has 0 saturated carbocycles. The maximum atomic E-state index is 3.75. The first-order valence-electron chi connectivity index (χ1n) is 3.63. The summed E-state index contributed by atoms with van der Waals surface area (Å²) in [5, 5.41) is 14.6. The van der Waals surface area contributed by atoms with Crippen molar-refractivity contribution in [1.82, 2.24) is 10.9 Å². The second-order valence-corrected chi connectivity index (χ2v) is 1.77. The van der Waals surface area contributed by atoms with Gasteiger partial charge in [-0.3, -0.25) is 10.9 Å². The van der Waals surface area contributed by atoms with E-state index >= 15 is 0 Å². The lowest BCUT2D eigenvalue weighted by molar-refractivity contribution is 0.782. The zero-order valence-electron chi connectivity index (χ0n) is 7.36. The fraction of sp³-hybridized carbons (Fsp3) is 0.667. The Bertz CT molecular complexity index is 143. The van der Waals surface area contributed by atoms with E-state index in [1.807, 2.05) is 12.2 Å². The van der Waals surface area contributed by atoms with Gasteiger partial charge in [0.1, 0.15) is 0 Å². The number of nitrogens with one attached hydrogen (secondary N) is 2. The maximum Gasteiger partial charge on any atom is 0.0802 e. The molecule has 0 spiro atoms. The van der Waals surface area contributed by atoms with Gasteiger partial charge in [-0.1, -0.05) is 22.6 Å². The molecule has 6 nitrogen and oxygen atoms in total. The van der Waals surface area contributed by atoms with E-state index in [0.717, 1.165) is 0 Å². The SMILES string of the molecule is CNN=NC/C=C/CN=NNC. The highest BCUT2D eigenvalue weighted by Crippen LogP contribution is 1.78. The Morgan fingerprint density at radius 2 is 1.33 bits per heavy atom. The lowest BCUT2D eigenvalue weighted by Crippen LogP contribution is -1.91. The van der Waals surface area contributed by atoms with Crippen molar-refractivity contribution >= 4 is 0 Å². The standard InChI is InChI=1S/C6H14N6/c1-7-11-9-5-3-4-6-10-12-8-2/h3-4H,5-6H2,1-2H3,(H,7,9)(H,8,10)/b4-3+. The van der Waals surface area contributed by atoms with Gasteiger partial charge in [-0.05, 0) is 0 Å². The Morgan fingerprint density at radius 1 is 0.917 bits per heavy atom. The minimum Gasteiger partial charge on any atom is -0.295 e. The van der Waals surface area contributed by atoms with Crippen LogP contribution in [0.15, 0.2) is 32.8 Å². The van der Waals surface area contributed by atoms with Crippen molar-refractivity contribution in [1.29, 1.82) is 0 Å². The van der Waals surface area contributed by atoms with E-state index in [-0.39, 0.29) is 0 Å². The van der Waals surface area contributed by atoms with Crippen LogP contribution in [0.3, 0.4) is 0 Å². The van der Waals surface area contributed by atoms with Gasteiger partial charge in [0, 0.05) is 14.1 Å². The molecule has 0 aliphatic rings. The van der Waals surface area contributed by atoms with Crippen molar-refractivity contribution in [2.75, 3.05) is 27.2 Å². The summed E-state index contributed by atoms with van der Waals surface area (Å²) in [6.45, 7) is 1.13. The minimum atomic E-state index is 0.565. The van der Waals surface area contributed by atoms with Crippen LogP contribution in [0.1, 0.15) is 0 Å². The molecule has 0 unspecified atom stereocenters. The fourth-order valence-electron chi connectivity index (χ4n) is 0.466. The lowest BCUT2D eigenvalue weighted by Gasteiger charge is -1.84. The predicted octanol–water partition coefficient (Wildman–Crippen LogP) is 0.716. The summed E-state index contributed by atoms with van der Waals surface area (Å²) in [6.07, 6.45) is 3.74. The number of nitrogens with zero attached hydrogens (tertiary/aromatic N) is 4. The number of hydrogen-bond acceptors (Lipinski definition) is 4. The Morgan fingerprint density at radius 3 is 1.67 bits per heavy atom. The summed E-state index contributed by atoms with van der Waals surface area (Å²) in [5.74, 6) is 0. The average Bonchev–Trinajstić information content (AvgIpc) is 2.10. The Labute approximate surface area is 71.8 Å². The zero-order chi connectivity index (χ0) is 9.07. The third-order valence-electron chi connectivity index (χ3n) is 0.882. The molecule has 0 heterocycles. The van der Waals surface area contributed by atoms with Gasteiger partial charge in [0.25, 0.3) is 0 Å². The molecule has 0 atom stereocenters. The quantitative estimate of drug-likeness (QED) is 0.350. The van der Waals surface area contributed by atoms with Gasteiger partial charge in [-0.2, -0.15) is 10.2 Å². The Balaban J connectivity index is 3.25. The van der Waals surface area contributed by atoms with Crippen LogP contribution in [0.25, 0.3) is 0 Å². The Hall–Kier alpha value is -1.46. The third-order valence-corrected chi connectivity index (χ3v) is 0.882. The van der Waals surface area contributed by atoms with Gasteiger partial charge in [0.05, 0.1) is 13.1 Å². The molecule has 2 N–H and O–H groups in total. The van der Waals surface area contributed by atoms with Crippen LogP contribution < -0.4 is 10.9 Å². The molecule has 0 radical (unpaired) electrons. The van der Waals surface area contributed by atoms with Crippen molar-refractivity contribution in [2.24, 2.45) is 20.7 Å². The monoisotopic (exact) mass is 170 g/mol. The molecular weight excluding hydrogens is 156 g/mol. The first-order valence-corrected chi connectivity index (χ1v) is 3.63. The second-order valence-electron chi connectivity index (χ2n) is 1.77. The number of rotatable bonds is 6. The topological polar surface area (TPSA) is 73.5 Å². The molecule has 0 fully saturated rings. The maximum absolute atomic E-state index is 3.75. The van der Waals surface area contributed by atoms with Crippen molar-refractivity contribution < 1.29 is 0 Å². The highest BCUT2D eigenvalue weighted by atomic mass is 15.4. The summed E-state index contributed by atoms with van der Waals surface area (Å²) >= 11 is 0. The fourth-order valence-corrected chi connectivity index (χ4v) is 0.466. The minimum absolute atomic E-state index is 0.565. The normalized spacial score (nSPS) is 11.8. The van der Waals surface area contributed by atoms with Crippen LogP contribution in [-0.2, 0) is 0 Å². The molecule has 0 aromatic heterocycles. The van der Waals surface area contributed by atoms with Crippen molar-refractivity contribution in [3.05, 3.63) is 12.2 Å². The average molecular weight is 170 g/mol. The van der Waals surface area contributed by atoms with Gasteiger partial charge in [0.15, 0.2) is 0 Å². The summed E-state index contributed by atoms with van der Waals surface area (Å²) in [6, 6.07) is 0. The van der Waals surface area contributed by atoms with E-state index in [1.165, 1.54) is 0 Å². The molecule has 0 aromatic carbocycles. The van der Waals surface area contributed by atoms with Crippen LogP contribution >= 0.6 is 0 Å². The molecular formula is C6H14N6. The van der Waals surface area contributed by atoms with Crippen LogP contribution in [-0.4, -0.2) is 27.2 Å². The second kappa shape index (κ2) is 9.54. The molecule has 0 amide bonds. The van der Waals surface area contributed by atoms with Crippen molar-refractivity contribution in [2.45, 2.75) is 0 Å². The van der Waals surface area contributed by atoms with E-state index in [9.17, 15) is 0 Å². The highest BCUT2D eigenvalue weighted by Gasteiger charge is 1.72. The molecule has 0 rings (SSSR count). The molecule has 6 heteroatoms. The van der Waals surface area contributed by atoms with Gasteiger partial charge < -0.3 is 0 Å². The highest BCUT2D eigenvalue weighted by molar-refractivity contribution is 4.84. The van der Waals surface area contributed by atoms with Gasteiger partial charge >= 0.3 is 0 Å². The summed E-state index contributed by atoms with van der Waals surface area (Å²) in [4.78, 5) is 0. The van der Waals surface area contributed by atoms with E-state index in [2.05, 4.69) is 31.5 Å². The molecule has 0 bridgehead atoms. The molecule has 68 valence electrons. The van der Waals surface area contributed by atoms with E-state index < -0.39 is 0 Å². The summed E-state index contributed by atoms with van der Waals surface area (Å²) in [5.41, 5.74) is 5.10. The van der Waals surface area contributed by atoms with Crippen molar-refractivity contribution in [3.8, 4) is 0 Å². The van der Waals surface area contributed by atoms with Crippen LogP contribution in [0, 0.1) is 0 Å². The Kier molecular flexibility index (Phi) is 8.38. The van der Waals surface area contributed by atoms with Crippen molar-refractivity contribution in [3.63, 3.8) is 0 Å². The van der Waals surface area contributed by atoms with Crippen LogP contribution in [0.5, 0.6) is 0 Å². The predicted molar refractivity (Wildman–Crippen MR) is 46.7 cm³/mol. The molecule has 12 heavy (non-hydrogen) atoms. The third kappa shape index (κ3) is 8.54. The summed E-state index contributed by atoms with van der Waals surface area (Å²) in [7, 11) is 3.41. The van der Waals surface area contributed by atoms with Crippen LogP contribution in [0.2, 0.25) is 0 Å². The molecule has 0 aliphatic heterocycles. The largest absolute Gasteiger partial charge is 0.295 e. The van der Waals surface area contributed by atoms with E-state index in [1.54, 1.807) is 14.1 Å². The zero-order valence-corrected chi connectivity index (χ0v) is 7.36. The van der Waals surface area contributed by atoms with E-state index in [0.29, 0.717) is 13.1 Å². The lowest BCUT2D eigenvalue weighted by atomic mass is 10.5. The molecule has 0 aliphatic carbocycles.